The zero-order valence-electron chi connectivity index (χ0n) is 13.2. The van der Waals surface area contributed by atoms with E-state index in [0.29, 0.717) is 24.2 Å². The van der Waals surface area contributed by atoms with E-state index in [0.717, 1.165) is 30.2 Å². The summed E-state index contributed by atoms with van der Waals surface area (Å²) in [5.74, 6) is 0.617. The Kier molecular flexibility index (Phi) is 4.57. The van der Waals surface area contributed by atoms with Crippen LogP contribution in [-0.2, 0) is 18.2 Å². The summed E-state index contributed by atoms with van der Waals surface area (Å²) in [6, 6.07) is 0.445. The molecule has 4 atom stereocenters. The van der Waals surface area contributed by atoms with Crippen molar-refractivity contribution >= 4 is 11.6 Å². The standard InChI is InChI=1S/C16H26ClN3O/c1-4-7-18-14(13-8-11-5-6-15(13)21-11)9-12-10(2)19-20(3)16(12)17/h11,13-15,18H,4-9H2,1-3H3. The molecular weight excluding hydrogens is 286 g/mol. The molecule has 4 nitrogen and oxygen atoms in total. The third-order valence-electron chi connectivity index (χ3n) is 5.02. The predicted molar refractivity (Wildman–Crippen MR) is 84.7 cm³/mol. The van der Waals surface area contributed by atoms with Gasteiger partial charge in [-0.2, -0.15) is 5.10 Å². The number of hydrogen-bond acceptors (Lipinski definition) is 3. The monoisotopic (exact) mass is 311 g/mol. The van der Waals surface area contributed by atoms with Crippen molar-refractivity contribution in [2.75, 3.05) is 6.54 Å². The smallest absolute Gasteiger partial charge is 0.130 e. The van der Waals surface area contributed by atoms with E-state index >= 15 is 0 Å². The van der Waals surface area contributed by atoms with Crippen LogP contribution < -0.4 is 5.32 Å². The normalized spacial score (nSPS) is 29.2. The summed E-state index contributed by atoms with van der Waals surface area (Å²) in [6.45, 7) is 5.31. The summed E-state index contributed by atoms with van der Waals surface area (Å²) in [5.41, 5.74) is 2.24. The Balaban J connectivity index is 1.76. The zero-order chi connectivity index (χ0) is 15.0. The third-order valence-corrected chi connectivity index (χ3v) is 5.49. The van der Waals surface area contributed by atoms with Crippen LogP contribution in [0.1, 0.15) is 43.9 Å². The maximum absolute atomic E-state index is 6.42. The molecule has 0 aliphatic carbocycles. The van der Waals surface area contributed by atoms with Gasteiger partial charge in [-0.05, 0) is 45.6 Å². The van der Waals surface area contributed by atoms with Crippen molar-refractivity contribution in [2.24, 2.45) is 13.0 Å². The van der Waals surface area contributed by atoms with E-state index in [-0.39, 0.29) is 0 Å². The molecule has 118 valence electrons. The second-order valence-corrected chi connectivity index (χ2v) is 6.87. The van der Waals surface area contributed by atoms with Crippen molar-refractivity contribution in [1.29, 1.82) is 0 Å². The number of hydrogen-bond donors (Lipinski definition) is 1. The Hall–Kier alpha value is -0.580. The fourth-order valence-electron chi connectivity index (χ4n) is 3.93. The van der Waals surface area contributed by atoms with Crippen molar-refractivity contribution in [3.05, 3.63) is 16.4 Å². The van der Waals surface area contributed by atoms with Gasteiger partial charge in [0.05, 0.1) is 17.9 Å². The molecule has 5 heteroatoms. The largest absolute Gasteiger partial charge is 0.375 e. The van der Waals surface area contributed by atoms with Crippen LogP contribution in [0.4, 0.5) is 0 Å². The molecule has 1 aromatic rings. The van der Waals surface area contributed by atoms with Gasteiger partial charge in [0.2, 0.25) is 0 Å². The topological polar surface area (TPSA) is 39.1 Å². The second-order valence-electron chi connectivity index (χ2n) is 6.52. The number of fused-ring (bicyclic) bond motifs is 2. The number of nitrogens with zero attached hydrogens (tertiary/aromatic N) is 2. The molecule has 21 heavy (non-hydrogen) atoms. The number of halogens is 1. The van der Waals surface area contributed by atoms with Gasteiger partial charge in [0.15, 0.2) is 0 Å². The summed E-state index contributed by atoms with van der Waals surface area (Å²) in [5, 5.41) is 8.95. The predicted octanol–water partition coefficient (Wildman–Crippen LogP) is 2.86. The van der Waals surface area contributed by atoms with E-state index in [4.69, 9.17) is 16.3 Å². The van der Waals surface area contributed by atoms with Crippen molar-refractivity contribution in [3.8, 4) is 0 Å². The number of aromatic nitrogens is 2. The highest BCUT2D eigenvalue weighted by Crippen LogP contribution is 2.41. The van der Waals surface area contributed by atoms with E-state index in [1.54, 1.807) is 4.68 Å². The Labute approximate surface area is 132 Å². The molecule has 0 aromatic carbocycles. The molecular formula is C16H26ClN3O. The molecule has 1 N–H and O–H groups in total. The highest BCUT2D eigenvalue weighted by atomic mass is 35.5. The van der Waals surface area contributed by atoms with Crippen LogP contribution in [-0.4, -0.2) is 34.6 Å². The first-order valence-corrected chi connectivity index (χ1v) is 8.54. The summed E-state index contributed by atoms with van der Waals surface area (Å²) < 4.78 is 7.83. The fraction of sp³-hybridized carbons (Fsp3) is 0.812. The molecule has 0 radical (unpaired) electrons. The Morgan fingerprint density at radius 1 is 1.48 bits per heavy atom. The van der Waals surface area contributed by atoms with Crippen molar-refractivity contribution in [3.63, 3.8) is 0 Å². The van der Waals surface area contributed by atoms with Gasteiger partial charge < -0.3 is 10.1 Å². The van der Waals surface area contributed by atoms with Crippen LogP contribution >= 0.6 is 11.6 Å². The third kappa shape index (κ3) is 2.99. The second kappa shape index (κ2) is 6.27. The van der Waals surface area contributed by atoms with Gasteiger partial charge in [-0.15, -0.1) is 0 Å². The van der Waals surface area contributed by atoms with Gasteiger partial charge in [0, 0.05) is 24.6 Å². The zero-order valence-corrected chi connectivity index (χ0v) is 14.0. The molecule has 1 aromatic heterocycles. The quantitative estimate of drug-likeness (QED) is 0.878. The minimum atomic E-state index is 0.445. The Morgan fingerprint density at radius 2 is 2.29 bits per heavy atom. The first kappa shape index (κ1) is 15.3. The molecule has 2 aliphatic rings. The molecule has 2 fully saturated rings. The highest BCUT2D eigenvalue weighted by Gasteiger charge is 2.44. The van der Waals surface area contributed by atoms with E-state index in [1.807, 2.05) is 7.05 Å². The molecule has 2 bridgehead atoms. The molecule has 2 aliphatic heterocycles. The average Bonchev–Trinajstić information content (AvgIpc) is 3.14. The summed E-state index contributed by atoms with van der Waals surface area (Å²) in [6.07, 6.45) is 6.71. The van der Waals surface area contributed by atoms with Gasteiger partial charge in [-0.1, -0.05) is 18.5 Å². The first-order chi connectivity index (χ1) is 10.1. The van der Waals surface area contributed by atoms with Crippen molar-refractivity contribution < 1.29 is 4.74 Å². The van der Waals surface area contributed by atoms with Gasteiger partial charge in [-0.3, -0.25) is 4.68 Å². The lowest BCUT2D eigenvalue weighted by atomic mass is 9.81. The lowest BCUT2D eigenvalue weighted by Crippen LogP contribution is -2.42. The molecule has 0 spiro atoms. The lowest BCUT2D eigenvalue weighted by Gasteiger charge is -2.29. The van der Waals surface area contributed by atoms with E-state index in [9.17, 15) is 0 Å². The van der Waals surface area contributed by atoms with Crippen LogP contribution in [0.5, 0.6) is 0 Å². The minimum absolute atomic E-state index is 0.445. The maximum atomic E-state index is 6.42. The molecule has 0 amide bonds. The SMILES string of the molecule is CCCNC(Cc1c(C)nn(C)c1Cl)C1CC2CCC1O2. The number of nitrogens with one attached hydrogen (secondary N) is 1. The summed E-state index contributed by atoms with van der Waals surface area (Å²) in [7, 11) is 1.91. The summed E-state index contributed by atoms with van der Waals surface area (Å²) in [4.78, 5) is 0. The average molecular weight is 312 g/mol. The van der Waals surface area contributed by atoms with Crippen LogP contribution in [0.2, 0.25) is 5.15 Å². The lowest BCUT2D eigenvalue weighted by molar-refractivity contribution is 0.0857. The Bertz CT molecular complexity index is 502. The molecule has 3 rings (SSSR count). The molecule has 2 saturated heterocycles. The van der Waals surface area contributed by atoms with Gasteiger partial charge in [0.1, 0.15) is 5.15 Å². The van der Waals surface area contributed by atoms with Crippen LogP contribution in [0, 0.1) is 12.8 Å². The van der Waals surface area contributed by atoms with Crippen LogP contribution in [0.25, 0.3) is 0 Å². The van der Waals surface area contributed by atoms with E-state index < -0.39 is 0 Å². The van der Waals surface area contributed by atoms with Crippen LogP contribution in [0.15, 0.2) is 0 Å². The summed E-state index contributed by atoms with van der Waals surface area (Å²) >= 11 is 6.42. The van der Waals surface area contributed by atoms with Crippen LogP contribution in [0.3, 0.4) is 0 Å². The van der Waals surface area contributed by atoms with Crippen molar-refractivity contribution in [1.82, 2.24) is 15.1 Å². The van der Waals surface area contributed by atoms with Crippen molar-refractivity contribution in [2.45, 2.75) is 64.2 Å². The van der Waals surface area contributed by atoms with Gasteiger partial charge >= 0.3 is 0 Å². The molecule has 3 heterocycles. The van der Waals surface area contributed by atoms with Gasteiger partial charge in [0.25, 0.3) is 0 Å². The number of aryl methyl sites for hydroxylation is 2. The minimum Gasteiger partial charge on any atom is -0.375 e. The van der Waals surface area contributed by atoms with E-state index in [1.165, 1.54) is 24.8 Å². The first-order valence-electron chi connectivity index (χ1n) is 8.17. The number of ether oxygens (including phenoxy) is 1. The van der Waals surface area contributed by atoms with Gasteiger partial charge in [-0.25, -0.2) is 0 Å². The Morgan fingerprint density at radius 3 is 2.81 bits per heavy atom. The fourth-order valence-corrected chi connectivity index (χ4v) is 4.18. The molecule has 0 saturated carbocycles. The highest BCUT2D eigenvalue weighted by molar-refractivity contribution is 6.30. The van der Waals surface area contributed by atoms with E-state index in [2.05, 4.69) is 24.3 Å². The number of rotatable bonds is 6. The maximum Gasteiger partial charge on any atom is 0.130 e. The molecule has 4 unspecified atom stereocenters.